The second kappa shape index (κ2) is 6.25. The number of carbonyl (C=O) groups excluding carboxylic acids is 1. The zero-order valence-electron chi connectivity index (χ0n) is 11.2. The topological polar surface area (TPSA) is 79.0 Å². The fourth-order valence-electron chi connectivity index (χ4n) is 1.87. The molecule has 1 aromatic carbocycles. The Labute approximate surface area is 116 Å². The number of nitro benzene ring substituents is 1. The van der Waals surface area contributed by atoms with E-state index >= 15 is 0 Å². The number of hydrazone groups is 1. The molecule has 1 aliphatic rings. The van der Waals surface area contributed by atoms with E-state index in [9.17, 15) is 14.9 Å². The van der Waals surface area contributed by atoms with Gasteiger partial charge in [-0.1, -0.05) is 0 Å². The molecule has 0 atom stereocenters. The predicted molar refractivity (Wildman–Crippen MR) is 75.0 cm³/mol. The van der Waals surface area contributed by atoms with Gasteiger partial charge < -0.3 is 4.90 Å². The van der Waals surface area contributed by atoms with Crippen LogP contribution in [0, 0.1) is 10.1 Å². The molecule has 0 aliphatic carbocycles. The highest BCUT2D eigenvalue weighted by Gasteiger charge is 2.12. The van der Waals surface area contributed by atoms with Crippen molar-refractivity contribution < 1.29 is 9.72 Å². The number of piperazine rings is 1. The summed E-state index contributed by atoms with van der Waals surface area (Å²) >= 11 is 0. The first-order chi connectivity index (χ1) is 9.56. The normalized spacial score (nSPS) is 16.6. The Hall–Kier alpha value is -2.28. The number of hydrogen-bond donors (Lipinski definition) is 0. The van der Waals surface area contributed by atoms with Crippen LogP contribution in [0.3, 0.4) is 0 Å². The number of benzene rings is 1. The molecule has 0 bridgehead atoms. The molecule has 1 fully saturated rings. The van der Waals surface area contributed by atoms with E-state index in [1.54, 1.807) is 0 Å². The van der Waals surface area contributed by atoms with Crippen molar-refractivity contribution in [1.82, 2.24) is 9.91 Å². The number of rotatable bonds is 4. The van der Waals surface area contributed by atoms with Crippen molar-refractivity contribution in [1.29, 1.82) is 0 Å². The minimum absolute atomic E-state index is 0.0300. The molecule has 20 heavy (non-hydrogen) atoms. The van der Waals surface area contributed by atoms with Crippen molar-refractivity contribution in [2.75, 3.05) is 33.2 Å². The molecule has 0 radical (unpaired) electrons. The van der Waals surface area contributed by atoms with E-state index in [-0.39, 0.29) is 11.5 Å². The maximum absolute atomic E-state index is 11.9. The molecule has 7 heteroatoms. The summed E-state index contributed by atoms with van der Waals surface area (Å²) in [5.41, 5.74) is 0.367. The van der Waals surface area contributed by atoms with Gasteiger partial charge in [0, 0.05) is 43.9 Å². The molecule has 0 unspecified atom stereocenters. The van der Waals surface area contributed by atoms with Gasteiger partial charge >= 0.3 is 0 Å². The van der Waals surface area contributed by atoms with Crippen LogP contribution in [0.25, 0.3) is 0 Å². The van der Waals surface area contributed by atoms with Crippen molar-refractivity contribution in [2.45, 2.75) is 0 Å². The van der Waals surface area contributed by atoms with Crippen molar-refractivity contribution in [3.63, 3.8) is 0 Å². The van der Waals surface area contributed by atoms with E-state index in [0.717, 1.165) is 26.2 Å². The molecule has 1 aliphatic heterocycles. The minimum atomic E-state index is -0.493. The van der Waals surface area contributed by atoms with Gasteiger partial charge in [-0.05, 0) is 19.2 Å². The van der Waals surface area contributed by atoms with Crippen LogP contribution in [-0.2, 0) is 0 Å². The SMILES string of the molecule is CN1CCN(/N=C\C(=O)c2ccc([N+](=O)[O-])cc2)CC1. The molecule has 0 saturated carbocycles. The fraction of sp³-hybridized carbons (Fsp3) is 0.385. The largest absolute Gasteiger partial charge is 0.303 e. The van der Waals surface area contributed by atoms with Crippen LogP contribution in [0.4, 0.5) is 5.69 Å². The number of ketones is 1. The monoisotopic (exact) mass is 276 g/mol. The van der Waals surface area contributed by atoms with E-state index < -0.39 is 4.92 Å². The molecule has 1 heterocycles. The van der Waals surface area contributed by atoms with Crippen molar-refractivity contribution >= 4 is 17.7 Å². The first-order valence-electron chi connectivity index (χ1n) is 6.32. The van der Waals surface area contributed by atoms with E-state index in [4.69, 9.17) is 0 Å². The summed E-state index contributed by atoms with van der Waals surface area (Å²) in [6.45, 7) is 3.42. The van der Waals surface area contributed by atoms with Crippen LogP contribution in [-0.4, -0.2) is 60.1 Å². The minimum Gasteiger partial charge on any atom is -0.303 e. The van der Waals surface area contributed by atoms with E-state index in [2.05, 4.69) is 10.0 Å². The summed E-state index contributed by atoms with van der Waals surface area (Å²) in [7, 11) is 2.04. The molecule has 7 nitrogen and oxygen atoms in total. The highest BCUT2D eigenvalue weighted by Crippen LogP contribution is 2.12. The number of nitrogens with zero attached hydrogens (tertiary/aromatic N) is 4. The van der Waals surface area contributed by atoms with Gasteiger partial charge in [0.1, 0.15) is 0 Å². The lowest BCUT2D eigenvalue weighted by molar-refractivity contribution is -0.384. The molecule has 1 aromatic rings. The van der Waals surface area contributed by atoms with E-state index in [1.807, 2.05) is 12.1 Å². The Bertz CT molecular complexity index is 519. The summed E-state index contributed by atoms with van der Waals surface area (Å²) in [4.78, 5) is 24.1. The molecule has 0 amide bonds. The highest BCUT2D eigenvalue weighted by molar-refractivity contribution is 6.35. The lowest BCUT2D eigenvalue weighted by Crippen LogP contribution is -2.41. The lowest BCUT2D eigenvalue weighted by Gasteiger charge is -2.30. The predicted octanol–water partition coefficient (Wildman–Crippen LogP) is 1.01. The Kier molecular flexibility index (Phi) is 4.41. The molecule has 0 aromatic heterocycles. The maximum Gasteiger partial charge on any atom is 0.269 e. The number of likely N-dealkylation sites (N-methyl/N-ethyl adjacent to an activating group) is 1. The van der Waals surface area contributed by atoms with Crippen LogP contribution in [0.2, 0.25) is 0 Å². The van der Waals surface area contributed by atoms with Gasteiger partial charge in [0.2, 0.25) is 5.78 Å². The van der Waals surface area contributed by atoms with Gasteiger partial charge in [0.05, 0.1) is 11.1 Å². The summed E-state index contributed by atoms with van der Waals surface area (Å²) in [6.07, 6.45) is 1.27. The van der Waals surface area contributed by atoms with Crippen molar-refractivity contribution in [3.05, 3.63) is 39.9 Å². The van der Waals surface area contributed by atoms with Gasteiger partial charge in [-0.15, -0.1) is 0 Å². The first-order valence-corrected chi connectivity index (χ1v) is 6.32. The molecule has 1 saturated heterocycles. The molecular weight excluding hydrogens is 260 g/mol. The van der Waals surface area contributed by atoms with Crippen LogP contribution < -0.4 is 0 Å². The van der Waals surface area contributed by atoms with Gasteiger partial charge in [-0.2, -0.15) is 5.10 Å². The van der Waals surface area contributed by atoms with Crippen LogP contribution in [0.5, 0.6) is 0 Å². The highest BCUT2D eigenvalue weighted by atomic mass is 16.6. The number of hydrogen-bond acceptors (Lipinski definition) is 6. The standard InChI is InChI=1S/C13H16N4O3/c1-15-6-8-16(9-7-15)14-10-13(18)11-2-4-12(5-3-11)17(19)20/h2-5,10H,6-9H2,1H3/b14-10-. The Morgan fingerprint density at radius 2 is 1.85 bits per heavy atom. The molecule has 106 valence electrons. The maximum atomic E-state index is 11.9. The quantitative estimate of drug-likeness (QED) is 0.355. The smallest absolute Gasteiger partial charge is 0.269 e. The molecule has 0 N–H and O–H groups in total. The summed E-state index contributed by atoms with van der Waals surface area (Å²) in [6, 6.07) is 5.51. The molecule has 0 spiro atoms. The van der Waals surface area contributed by atoms with Crippen LogP contribution in [0.1, 0.15) is 10.4 Å². The third-order valence-electron chi connectivity index (χ3n) is 3.18. The zero-order valence-corrected chi connectivity index (χ0v) is 11.2. The number of non-ortho nitro benzene ring substituents is 1. The van der Waals surface area contributed by atoms with Crippen LogP contribution >= 0.6 is 0 Å². The number of carbonyl (C=O) groups is 1. The van der Waals surface area contributed by atoms with Gasteiger partial charge in [-0.3, -0.25) is 19.9 Å². The summed E-state index contributed by atoms with van der Waals surface area (Å²) < 4.78 is 0. The lowest BCUT2D eigenvalue weighted by atomic mass is 10.1. The summed E-state index contributed by atoms with van der Waals surface area (Å²) in [5.74, 6) is -0.251. The van der Waals surface area contributed by atoms with Gasteiger partial charge in [0.25, 0.3) is 5.69 Å². The van der Waals surface area contributed by atoms with E-state index in [0.29, 0.717) is 5.56 Å². The van der Waals surface area contributed by atoms with E-state index in [1.165, 1.54) is 30.5 Å². The molecular formula is C13H16N4O3. The third kappa shape index (κ3) is 3.61. The third-order valence-corrected chi connectivity index (χ3v) is 3.18. The Morgan fingerprint density at radius 1 is 1.25 bits per heavy atom. The van der Waals surface area contributed by atoms with Gasteiger partial charge in [-0.25, -0.2) is 0 Å². The second-order valence-corrected chi connectivity index (χ2v) is 4.67. The Balaban J connectivity index is 1.95. The first kappa shape index (κ1) is 14.1. The fourth-order valence-corrected chi connectivity index (χ4v) is 1.87. The Morgan fingerprint density at radius 3 is 2.40 bits per heavy atom. The molecule has 2 rings (SSSR count). The second-order valence-electron chi connectivity index (χ2n) is 4.67. The zero-order chi connectivity index (χ0) is 14.5. The van der Waals surface area contributed by atoms with Crippen molar-refractivity contribution in [2.24, 2.45) is 5.10 Å². The summed E-state index contributed by atoms with van der Waals surface area (Å²) in [5, 5.41) is 16.5. The average Bonchev–Trinajstić information content (AvgIpc) is 2.46. The van der Waals surface area contributed by atoms with Crippen molar-refractivity contribution in [3.8, 4) is 0 Å². The number of Topliss-reactive ketones (excluding diaryl/α,β-unsaturated/α-hetero) is 1. The number of nitro groups is 1. The van der Waals surface area contributed by atoms with Gasteiger partial charge in [0.15, 0.2) is 0 Å². The van der Waals surface area contributed by atoms with Crippen LogP contribution in [0.15, 0.2) is 29.4 Å². The average molecular weight is 276 g/mol.